The second kappa shape index (κ2) is 8.52. The van der Waals surface area contributed by atoms with Crippen LogP contribution >= 0.6 is 15.9 Å². The van der Waals surface area contributed by atoms with Gasteiger partial charge < -0.3 is 23.9 Å². The van der Waals surface area contributed by atoms with E-state index in [9.17, 15) is 19.2 Å². The van der Waals surface area contributed by atoms with Gasteiger partial charge in [0.15, 0.2) is 34.3 Å². The molecule has 3 rings (SSSR count). The molecule has 2 aromatic heterocycles. The maximum Gasteiger partial charge on any atom is 0.303 e. The Balaban J connectivity index is 2.11. The molecule has 12 nitrogen and oxygen atoms in total. The molecule has 1 N–H and O–H groups in total. The average molecular weight is 487 g/mol. The number of aromatic amines is 1. The highest BCUT2D eigenvalue weighted by Gasteiger charge is 2.51. The molecular formula is C17H19BrN4O8. The number of carbonyl (C=O) groups excluding carboxylic acids is 3. The molecule has 0 aromatic carbocycles. The van der Waals surface area contributed by atoms with Crippen LogP contribution in [-0.4, -0.2) is 62.3 Å². The molecule has 0 saturated carbocycles. The van der Waals surface area contributed by atoms with E-state index >= 15 is 0 Å². The Kier molecular flexibility index (Phi) is 6.22. The molecule has 1 aliphatic heterocycles. The molecule has 4 atom stereocenters. The lowest BCUT2D eigenvalue weighted by Gasteiger charge is -2.24. The standard InChI is InChI=1S/C17H19BrN4O8/c1-6-19-14-11(15(26)20-6)21-17(18)22(14)16-13(29-9(4)25)12(28-8(3)24)10(30-16)5-27-7(2)23/h10,12-13,16H,5H2,1-4H3,(H,19,20,26)/t10-,12-,13-,16-/m1/s1. The second-order valence-corrected chi connectivity index (χ2v) is 7.30. The van der Waals surface area contributed by atoms with E-state index in [0.717, 1.165) is 0 Å². The predicted molar refractivity (Wildman–Crippen MR) is 102 cm³/mol. The van der Waals surface area contributed by atoms with Gasteiger partial charge in [0.1, 0.15) is 18.5 Å². The normalized spacial score (nSPS) is 23.4. The first kappa shape index (κ1) is 21.9. The van der Waals surface area contributed by atoms with E-state index < -0.39 is 48.0 Å². The van der Waals surface area contributed by atoms with E-state index in [2.05, 4.69) is 30.9 Å². The fourth-order valence-electron chi connectivity index (χ4n) is 3.19. The van der Waals surface area contributed by atoms with Crippen LogP contribution in [-0.2, 0) is 33.3 Å². The van der Waals surface area contributed by atoms with Crippen molar-refractivity contribution in [3.8, 4) is 0 Å². The molecule has 1 saturated heterocycles. The maximum atomic E-state index is 12.2. The Morgan fingerprint density at radius 2 is 1.73 bits per heavy atom. The van der Waals surface area contributed by atoms with E-state index in [-0.39, 0.29) is 22.5 Å². The fourth-order valence-corrected chi connectivity index (χ4v) is 3.74. The Hall–Kier alpha value is -2.80. The summed E-state index contributed by atoms with van der Waals surface area (Å²) in [5.41, 5.74) is -0.267. The molecule has 0 amide bonds. The molecule has 30 heavy (non-hydrogen) atoms. The Labute approximate surface area is 178 Å². The number of fused-ring (bicyclic) bond motifs is 1. The molecule has 0 aliphatic carbocycles. The number of nitrogens with one attached hydrogen (secondary N) is 1. The molecule has 2 aromatic rings. The van der Waals surface area contributed by atoms with Gasteiger partial charge in [-0.05, 0) is 22.9 Å². The van der Waals surface area contributed by atoms with Crippen molar-refractivity contribution in [2.75, 3.05) is 6.61 Å². The van der Waals surface area contributed by atoms with Gasteiger partial charge in [0.2, 0.25) is 0 Å². The molecule has 162 valence electrons. The highest BCUT2D eigenvalue weighted by atomic mass is 79.9. The number of hydrogen-bond acceptors (Lipinski definition) is 10. The number of aryl methyl sites for hydroxylation is 1. The highest BCUT2D eigenvalue weighted by Crippen LogP contribution is 2.37. The molecule has 1 fully saturated rings. The summed E-state index contributed by atoms with van der Waals surface area (Å²) in [7, 11) is 0. The van der Waals surface area contributed by atoms with Crippen LogP contribution in [0.4, 0.5) is 0 Å². The van der Waals surface area contributed by atoms with Gasteiger partial charge in [-0.3, -0.25) is 23.7 Å². The van der Waals surface area contributed by atoms with Crippen molar-refractivity contribution >= 4 is 45.0 Å². The van der Waals surface area contributed by atoms with Crippen LogP contribution in [0.3, 0.4) is 0 Å². The number of carbonyl (C=O) groups is 3. The summed E-state index contributed by atoms with van der Waals surface area (Å²) in [4.78, 5) is 57.9. The molecule has 3 heterocycles. The summed E-state index contributed by atoms with van der Waals surface area (Å²) in [5, 5.41) is 0. The minimum Gasteiger partial charge on any atom is -0.463 e. The first-order valence-corrected chi connectivity index (χ1v) is 9.65. The van der Waals surface area contributed by atoms with Crippen LogP contribution in [0.25, 0.3) is 11.2 Å². The molecule has 0 unspecified atom stereocenters. The summed E-state index contributed by atoms with van der Waals surface area (Å²) >= 11 is 3.27. The van der Waals surface area contributed by atoms with Gasteiger partial charge in [0.05, 0.1) is 0 Å². The minimum atomic E-state index is -1.12. The lowest BCUT2D eigenvalue weighted by atomic mass is 10.1. The van der Waals surface area contributed by atoms with Crippen molar-refractivity contribution in [2.45, 2.75) is 52.2 Å². The van der Waals surface area contributed by atoms with Gasteiger partial charge >= 0.3 is 17.9 Å². The number of rotatable bonds is 5. The predicted octanol–water partition coefficient (Wildman–Crippen LogP) is 0.514. The van der Waals surface area contributed by atoms with Gasteiger partial charge in [-0.25, -0.2) is 9.97 Å². The Morgan fingerprint density at radius 1 is 1.10 bits per heavy atom. The van der Waals surface area contributed by atoms with Gasteiger partial charge in [-0.2, -0.15) is 0 Å². The van der Waals surface area contributed by atoms with Crippen molar-refractivity contribution in [1.82, 2.24) is 19.5 Å². The van der Waals surface area contributed by atoms with Crippen molar-refractivity contribution < 1.29 is 33.3 Å². The SMILES string of the molecule is CC(=O)OC[C@H]1O[C@@H](n2c(Br)nc3c(=O)[nH]c(C)nc32)[C@H](OC(C)=O)[C@@H]1OC(C)=O. The number of H-pyrrole nitrogens is 1. The van der Waals surface area contributed by atoms with E-state index in [0.29, 0.717) is 5.82 Å². The largest absolute Gasteiger partial charge is 0.463 e. The Morgan fingerprint density at radius 3 is 2.33 bits per heavy atom. The first-order valence-electron chi connectivity index (χ1n) is 8.86. The molecular weight excluding hydrogens is 468 g/mol. The number of hydrogen-bond donors (Lipinski definition) is 1. The maximum absolute atomic E-state index is 12.2. The quantitative estimate of drug-likeness (QED) is 0.359. The third kappa shape index (κ3) is 4.36. The van der Waals surface area contributed by atoms with Gasteiger partial charge in [-0.1, -0.05) is 0 Å². The number of esters is 3. The van der Waals surface area contributed by atoms with Crippen molar-refractivity contribution in [1.29, 1.82) is 0 Å². The third-order valence-electron chi connectivity index (χ3n) is 4.22. The minimum absolute atomic E-state index is 0.0325. The highest BCUT2D eigenvalue weighted by molar-refractivity contribution is 9.10. The van der Waals surface area contributed by atoms with Crippen LogP contribution in [0.5, 0.6) is 0 Å². The second-order valence-electron chi connectivity index (χ2n) is 6.59. The molecule has 1 aliphatic rings. The van der Waals surface area contributed by atoms with Crippen LogP contribution in [0.1, 0.15) is 32.8 Å². The van der Waals surface area contributed by atoms with Crippen LogP contribution in [0, 0.1) is 6.92 Å². The third-order valence-corrected chi connectivity index (χ3v) is 4.78. The fraction of sp³-hybridized carbons (Fsp3) is 0.529. The van der Waals surface area contributed by atoms with E-state index in [4.69, 9.17) is 18.9 Å². The number of imidazole rings is 1. The molecule has 0 spiro atoms. The zero-order valence-electron chi connectivity index (χ0n) is 16.5. The smallest absolute Gasteiger partial charge is 0.303 e. The van der Waals surface area contributed by atoms with Gasteiger partial charge in [0.25, 0.3) is 5.56 Å². The summed E-state index contributed by atoms with van der Waals surface area (Å²) in [6.45, 7) is 4.94. The average Bonchev–Trinajstić information content (AvgIpc) is 3.10. The topological polar surface area (TPSA) is 152 Å². The lowest BCUT2D eigenvalue weighted by Crippen LogP contribution is -2.40. The van der Waals surface area contributed by atoms with Gasteiger partial charge in [-0.15, -0.1) is 0 Å². The van der Waals surface area contributed by atoms with Crippen molar-refractivity contribution in [3.63, 3.8) is 0 Å². The number of halogens is 1. The van der Waals surface area contributed by atoms with E-state index in [1.54, 1.807) is 6.92 Å². The molecule has 0 bridgehead atoms. The van der Waals surface area contributed by atoms with Gasteiger partial charge in [0, 0.05) is 20.8 Å². The zero-order valence-corrected chi connectivity index (χ0v) is 18.1. The number of ether oxygens (including phenoxy) is 4. The van der Waals surface area contributed by atoms with E-state index in [1.165, 1.54) is 25.3 Å². The van der Waals surface area contributed by atoms with Crippen LogP contribution in [0.2, 0.25) is 0 Å². The summed E-state index contributed by atoms with van der Waals surface area (Å²) in [6.07, 6.45) is -4.23. The summed E-state index contributed by atoms with van der Waals surface area (Å²) in [6, 6.07) is 0. The number of aromatic nitrogens is 4. The molecule has 13 heteroatoms. The van der Waals surface area contributed by atoms with E-state index in [1.807, 2.05) is 0 Å². The monoisotopic (exact) mass is 486 g/mol. The van der Waals surface area contributed by atoms with Crippen molar-refractivity contribution in [2.24, 2.45) is 0 Å². The van der Waals surface area contributed by atoms with Crippen molar-refractivity contribution in [3.05, 3.63) is 20.9 Å². The zero-order chi connectivity index (χ0) is 22.2. The van der Waals surface area contributed by atoms with Crippen LogP contribution in [0.15, 0.2) is 9.53 Å². The summed E-state index contributed by atoms with van der Waals surface area (Å²) < 4.78 is 23.3. The number of nitrogens with zero attached hydrogens (tertiary/aromatic N) is 3. The van der Waals surface area contributed by atoms with Crippen LogP contribution < -0.4 is 5.56 Å². The first-order chi connectivity index (χ1) is 14.1. The molecule has 0 radical (unpaired) electrons. The summed E-state index contributed by atoms with van der Waals surface area (Å²) in [5.74, 6) is -1.53. The lowest BCUT2D eigenvalue weighted by molar-refractivity contribution is -0.166. The Bertz CT molecular complexity index is 1060.